The van der Waals surface area contributed by atoms with E-state index in [4.69, 9.17) is 16.3 Å². The minimum absolute atomic E-state index is 0.250. The number of anilines is 1. The van der Waals surface area contributed by atoms with Crippen molar-refractivity contribution in [1.29, 1.82) is 0 Å². The van der Waals surface area contributed by atoms with Crippen LogP contribution in [0.4, 0.5) is 10.5 Å². The van der Waals surface area contributed by atoms with Gasteiger partial charge in [-0.3, -0.25) is 9.59 Å². The largest absolute Gasteiger partial charge is 0.444 e. The Bertz CT molecular complexity index is 1110. The van der Waals surface area contributed by atoms with Crippen molar-refractivity contribution in [2.75, 3.05) is 18.5 Å². The second-order valence-electron chi connectivity index (χ2n) is 10.9. The fourth-order valence-electron chi connectivity index (χ4n) is 4.30. The third-order valence-corrected chi connectivity index (χ3v) is 6.76. The van der Waals surface area contributed by atoms with Gasteiger partial charge in [0.15, 0.2) is 0 Å². The first-order chi connectivity index (χ1) is 18.9. The lowest BCUT2D eigenvalue weighted by molar-refractivity contribution is -0.141. The summed E-state index contributed by atoms with van der Waals surface area (Å²) in [5, 5.41) is 15.9. The molecule has 0 spiro atoms. The lowest BCUT2D eigenvalue weighted by atomic mass is 9.99. The van der Waals surface area contributed by atoms with Gasteiger partial charge >= 0.3 is 6.09 Å². The van der Waals surface area contributed by atoms with E-state index in [1.54, 1.807) is 32.9 Å². The number of hydrogen-bond acceptors (Lipinski definition) is 5. The Morgan fingerprint density at radius 3 is 2.25 bits per heavy atom. The van der Waals surface area contributed by atoms with Crippen LogP contribution in [-0.2, 0) is 20.7 Å². The number of para-hydroxylation sites is 1. The molecule has 0 aliphatic heterocycles. The van der Waals surface area contributed by atoms with Gasteiger partial charge in [0.1, 0.15) is 17.7 Å². The molecule has 3 amide bonds. The number of aryl methyl sites for hydroxylation is 2. The SMILES string of the molecule is CCCCCCN(C(=O)C(CO)NC(=O)OC(C)(C)C)C(C(=O)Nc1c(C)cccc1Cl)c1ccc(CC)cc1. The molecule has 0 fully saturated rings. The fraction of sp³-hybridized carbons (Fsp3) is 0.516. The number of aliphatic hydroxyl groups excluding tert-OH is 1. The summed E-state index contributed by atoms with van der Waals surface area (Å²) in [5.41, 5.74) is 2.15. The molecule has 0 radical (unpaired) electrons. The van der Waals surface area contributed by atoms with Crippen molar-refractivity contribution in [2.24, 2.45) is 0 Å². The van der Waals surface area contributed by atoms with Crippen LogP contribution >= 0.6 is 11.6 Å². The van der Waals surface area contributed by atoms with Crippen molar-refractivity contribution in [3.8, 4) is 0 Å². The first-order valence-corrected chi connectivity index (χ1v) is 14.3. The van der Waals surface area contributed by atoms with Crippen LogP contribution in [0, 0.1) is 6.92 Å². The van der Waals surface area contributed by atoms with Crippen LogP contribution < -0.4 is 10.6 Å². The Labute approximate surface area is 243 Å². The van der Waals surface area contributed by atoms with E-state index in [-0.39, 0.29) is 6.54 Å². The van der Waals surface area contributed by atoms with Gasteiger partial charge < -0.3 is 25.4 Å². The Hall–Kier alpha value is -3.10. The Morgan fingerprint density at radius 1 is 1.02 bits per heavy atom. The zero-order chi connectivity index (χ0) is 29.9. The van der Waals surface area contributed by atoms with Gasteiger partial charge in [-0.05, 0) is 63.3 Å². The number of nitrogens with one attached hydrogen (secondary N) is 2. The summed E-state index contributed by atoms with van der Waals surface area (Å²) in [4.78, 5) is 41.9. The van der Waals surface area contributed by atoms with Crippen LogP contribution in [0.15, 0.2) is 42.5 Å². The second-order valence-corrected chi connectivity index (χ2v) is 11.3. The molecule has 2 atom stereocenters. The third-order valence-electron chi connectivity index (χ3n) is 6.44. The smallest absolute Gasteiger partial charge is 0.408 e. The second kappa shape index (κ2) is 15.6. The summed E-state index contributed by atoms with van der Waals surface area (Å²) in [5.74, 6) is -1.03. The third kappa shape index (κ3) is 9.82. The van der Waals surface area contributed by atoms with Crippen molar-refractivity contribution >= 4 is 35.2 Å². The number of aliphatic hydroxyl groups is 1. The van der Waals surface area contributed by atoms with Gasteiger partial charge in [-0.2, -0.15) is 0 Å². The number of rotatable bonds is 13. The molecular formula is C31H44ClN3O5. The predicted octanol–water partition coefficient (Wildman–Crippen LogP) is 6.19. The molecule has 40 heavy (non-hydrogen) atoms. The molecule has 0 aliphatic carbocycles. The van der Waals surface area contributed by atoms with Crippen LogP contribution in [-0.4, -0.2) is 52.7 Å². The predicted molar refractivity (Wildman–Crippen MR) is 159 cm³/mol. The molecule has 0 bridgehead atoms. The van der Waals surface area contributed by atoms with E-state index in [9.17, 15) is 19.5 Å². The molecule has 0 saturated heterocycles. The average molecular weight is 574 g/mol. The van der Waals surface area contributed by atoms with Crippen LogP contribution in [0.5, 0.6) is 0 Å². The highest BCUT2D eigenvalue weighted by Gasteiger charge is 2.36. The van der Waals surface area contributed by atoms with Gasteiger partial charge in [0, 0.05) is 6.54 Å². The molecule has 9 heteroatoms. The molecule has 3 N–H and O–H groups in total. The number of hydrogen-bond donors (Lipinski definition) is 3. The minimum atomic E-state index is -1.30. The standard InChI is InChI=1S/C31H44ClN3O5/c1-7-9-10-11-19-35(29(38)25(20-36)33-30(39)40-31(4,5)6)27(23-17-15-22(8-2)16-18-23)28(37)34-26-21(3)13-12-14-24(26)32/h12-18,25,27,36H,7-11,19-20H2,1-6H3,(H,33,39)(H,34,37). The van der Waals surface area contributed by atoms with Crippen molar-refractivity contribution in [3.05, 3.63) is 64.2 Å². The molecule has 0 saturated carbocycles. The van der Waals surface area contributed by atoms with E-state index in [0.29, 0.717) is 22.7 Å². The van der Waals surface area contributed by atoms with E-state index < -0.39 is 42.2 Å². The maximum Gasteiger partial charge on any atom is 0.408 e. The Morgan fingerprint density at radius 2 is 1.70 bits per heavy atom. The summed E-state index contributed by atoms with van der Waals surface area (Å²) in [6.45, 7) is 10.7. The number of carbonyl (C=O) groups excluding carboxylic acids is 3. The van der Waals surface area contributed by atoms with Gasteiger partial charge in [-0.15, -0.1) is 0 Å². The van der Waals surface area contributed by atoms with Crippen molar-refractivity contribution in [3.63, 3.8) is 0 Å². The summed E-state index contributed by atoms with van der Waals surface area (Å²) >= 11 is 6.42. The molecule has 2 rings (SSSR count). The van der Waals surface area contributed by atoms with E-state index in [1.807, 2.05) is 44.2 Å². The number of halogens is 1. The van der Waals surface area contributed by atoms with Gasteiger partial charge in [0.25, 0.3) is 5.91 Å². The molecule has 2 aromatic carbocycles. The normalized spacial score (nSPS) is 12.8. The highest BCUT2D eigenvalue weighted by atomic mass is 35.5. The molecule has 0 aromatic heterocycles. The Kier molecular flexibility index (Phi) is 12.9. The highest BCUT2D eigenvalue weighted by molar-refractivity contribution is 6.34. The molecular weight excluding hydrogens is 530 g/mol. The first kappa shape index (κ1) is 33.1. The molecule has 0 aliphatic rings. The maximum absolute atomic E-state index is 14.0. The maximum atomic E-state index is 14.0. The number of benzene rings is 2. The van der Waals surface area contributed by atoms with Crippen LogP contribution in [0.25, 0.3) is 0 Å². The first-order valence-electron chi connectivity index (χ1n) is 14.0. The molecule has 2 aromatic rings. The zero-order valence-corrected chi connectivity index (χ0v) is 25.3. The molecule has 0 heterocycles. The highest BCUT2D eigenvalue weighted by Crippen LogP contribution is 2.30. The minimum Gasteiger partial charge on any atom is -0.444 e. The summed E-state index contributed by atoms with van der Waals surface area (Å²) in [6, 6.07) is 10.5. The molecule has 2 unspecified atom stereocenters. The molecule has 220 valence electrons. The van der Waals surface area contributed by atoms with E-state index >= 15 is 0 Å². The van der Waals surface area contributed by atoms with E-state index in [1.165, 1.54) is 4.90 Å². The number of carbonyl (C=O) groups is 3. The quantitative estimate of drug-likeness (QED) is 0.248. The van der Waals surface area contributed by atoms with E-state index in [0.717, 1.165) is 36.8 Å². The summed E-state index contributed by atoms with van der Waals surface area (Å²) in [7, 11) is 0. The number of amides is 3. The lowest BCUT2D eigenvalue weighted by Crippen LogP contribution is -2.54. The van der Waals surface area contributed by atoms with Crippen molar-refractivity contribution in [2.45, 2.75) is 91.3 Å². The van der Waals surface area contributed by atoms with Crippen molar-refractivity contribution < 1.29 is 24.2 Å². The summed E-state index contributed by atoms with van der Waals surface area (Å²) in [6.07, 6.45) is 3.47. The van der Waals surface area contributed by atoms with Gasteiger partial charge in [0.2, 0.25) is 5.91 Å². The number of alkyl carbamates (subject to hydrolysis) is 1. The Balaban J connectivity index is 2.53. The molecule has 8 nitrogen and oxygen atoms in total. The fourth-order valence-corrected chi connectivity index (χ4v) is 4.57. The zero-order valence-electron chi connectivity index (χ0n) is 24.6. The van der Waals surface area contributed by atoms with Crippen molar-refractivity contribution in [1.82, 2.24) is 10.2 Å². The van der Waals surface area contributed by atoms with Gasteiger partial charge in [-0.25, -0.2) is 4.79 Å². The number of unbranched alkanes of at least 4 members (excludes halogenated alkanes) is 3. The van der Waals surface area contributed by atoms with Crippen LogP contribution in [0.1, 0.15) is 83.0 Å². The van der Waals surface area contributed by atoms with Gasteiger partial charge in [-0.1, -0.05) is 81.1 Å². The monoisotopic (exact) mass is 573 g/mol. The average Bonchev–Trinajstić information content (AvgIpc) is 2.90. The number of ether oxygens (including phenoxy) is 1. The summed E-state index contributed by atoms with van der Waals surface area (Å²) < 4.78 is 5.31. The lowest BCUT2D eigenvalue weighted by Gasteiger charge is -2.34. The topological polar surface area (TPSA) is 108 Å². The van der Waals surface area contributed by atoms with Crippen LogP contribution in [0.3, 0.4) is 0 Å². The van der Waals surface area contributed by atoms with Gasteiger partial charge in [0.05, 0.1) is 17.3 Å². The van der Waals surface area contributed by atoms with Crippen LogP contribution in [0.2, 0.25) is 5.02 Å². The number of nitrogens with zero attached hydrogens (tertiary/aromatic N) is 1. The van der Waals surface area contributed by atoms with E-state index in [2.05, 4.69) is 17.6 Å².